The number of nitrogens with zero attached hydrogens (tertiary/aromatic N) is 1. The van der Waals surface area contributed by atoms with E-state index in [1.54, 1.807) is 6.07 Å². The minimum Gasteiger partial charge on any atom is -0.506 e. The molecule has 1 heterocycles. The maximum atomic E-state index is 11.6. The Labute approximate surface area is 118 Å². The van der Waals surface area contributed by atoms with Crippen molar-refractivity contribution in [1.29, 1.82) is 0 Å². The zero-order valence-electron chi connectivity index (χ0n) is 12.2. The van der Waals surface area contributed by atoms with Crippen molar-refractivity contribution in [3.05, 3.63) is 28.0 Å². The van der Waals surface area contributed by atoms with E-state index in [4.69, 9.17) is 0 Å². The zero-order chi connectivity index (χ0) is 14.5. The molecule has 0 radical (unpaired) electrons. The molecule has 110 valence electrons. The Hall–Kier alpha value is -1.75. The fraction of sp³-hybridized carbons (Fsp3) is 0.533. The van der Waals surface area contributed by atoms with Gasteiger partial charge in [0.25, 0.3) is 5.56 Å². The molecule has 1 aromatic carbocycles. The SMILES string of the molecule is CCCN(CCC)CCc1cc(O)c2[nH][nH]c(=O)c2c1. The van der Waals surface area contributed by atoms with Crippen LogP contribution in [0.2, 0.25) is 0 Å². The van der Waals surface area contributed by atoms with Crippen LogP contribution in [-0.4, -0.2) is 39.8 Å². The summed E-state index contributed by atoms with van der Waals surface area (Å²) in [5.41, 5.74) is 1.30. The summed E-state index contributed by atoms with van der Waals surface area (Å²) in [6, 6.07) is 3.60. The average molecular weight is 277 g/mol. The van der Waals surface area contributed by atoms with Crippen LogP contribution in [0.15, 0.2) is 16.9 Å². The molecule has 0 amide bonds. The Bertz CT molecular complexity index is 609. The first-order valence-electron chi connectivity index (χ1n) is 7.30. The quantitative estimate of drug-likeness (QED) is 0.726. The van der Waals surface area contributed by atoms with Crippen molar-refractivity contribution in [1.82, 2.24) is 15.1 Å². The molecule has 0 aliphatic carbocycles. The maximum absolute atomic E-state index is 11.6. The highest BCUT2D eigenvalue weighted by Crippen LogP contribution is 2.22. The number of phenolic OH excluding ortho intramolecular Hbond substituents is 1. The topological polar surface area (TPSA) is 72.1 Å². The van der Waals surface area contributed by atoms with E-state index in [0.717, 1.165) is 44.5 Å². The number of H-pyrrole nitrogens is 2. The van der Waals surface area contributed by atoms with Crippen LogP contribution in [0.5, 0.6) is 5.75 Å². The first-order valence-corrected chi connectivity index (χ1v) is 7.30. The van der Waals surface area contributed by atoms with E-state index >= 15 is 0 Å². The Balaban J connectivity index is 2.13. The van der Waals surface area contributed by atoms with Crippen LogP contribution >= 0.6 is 0 Å². The number of aromatic nitrogens is 2. The lowest BCUT2D eigenvalue weighted by molar-refractivity contribution is 0.278. The number of aromatic hydroxyl groups is 1. The van der Waals surface area contributed by atoms with Gasteiger partial charge in [-0.15, -0.1) is 0 Å². The fourth-order valence-electron chi connectivity index (χ4n) is 2.58. The van der Waals surface area contributed by atoms with Gasteiger partial charge in [0.05, 0.1) is 5.39 Å². The second-order valence-electron chi connectivity index (χ2n) is 5.21. The van der Waals surface area contributed by atoms with Crippen molar-refractivity contribution in [2.45, 2.75) is 33.1 Å². The van der Waals surface area contributed by atoms with Crippen LogP contribution in [0.4, 0.5) is 0 Å². The van der Waals surface area contributed by atoms with Crippen molar-refractivity contribution in [3.8, 4) is 5.75 Å². The lowest BCUT2D eigenvalue weighted by atomic mass is 10.1. The van der Waals surface area contributed by atoms with Gasteiger partial charge in [0.2, 0.25) is 0 Å². The van der Waals surface area contributed by atoms with Crippen LogP contribution in [0.1, 0.15) is 32.3 Å². The molecule has 0 unspecified atom stereocenters. The van der Waals surface area contributed by atoms with E-state index < -0.39 is 0 Å². The van der Waals surface area contributed by atoms with Crippen molar-refractivity contribution < 1.29 is 5.11 Å². The van der Waals surface area contributed by atoms with Gasteiger partial charge >= 0.3 is 0 Å². The standard InChI is InChI=1S/C15H23N3O2/c1-3-6-18(7-4-2)8-5-11-9-12-14(13(19)10-11)16-17-15(12)20/h9-10,19H,3-8H2,1-2H3,(H2,16,17,20). The molecule has 5 nitrogen and oxygen atoms in total. The summed E-state index contributed by atoms with van der Waals surface area (Å²) < 4.78 is 0. The van der Waals surface area contributed by atoms with E-state index in [1.807, 2.05) is 6.07 Å². The second kappa shape index (κ2) is 6.61. The Morgan fingerprint density at radius 2 is 1.80 bits per heavy atom. The fourth-order valence-corrected chi connectivity index (χ4v) is 2.58. The monoisotopic (exact) mass is 277 g/mol. The molecule has 5 heteroatoms. The number of hydrogen-bond donors (Lipinski definition) is 3. The van der Waals surface area contributed by atoms with Crippen LogP contribution < -0.4 is 5.56 Å². The molecule has 2 rings (SSSR count). The summed E-state index contributed by atoms with van der Waals surface area (Å²) in [4.78, 5) is 14.0. The summed E-state index contributed by atoms with van der Waals surface area (Å²) in [6.45, 7) is 7.49. The number of phenols is 1. The Morgan fingerprint density at radius 1 is 1.10 bits per heavy atom. The van der Waals surface area contributed by atoms with Gasteiger partial charge in [-0.05, 0) is 50.0 Å². The molecule has 0 fully saturated rings. The molecule has 20 heavy (non-hydrogen) atoms. The number of hydrogen-bond acceptors (Lipinski definition) is 3. The third kappa shape index (κ3) is 3.22. The van der Waals surface area contributed by atoms with Gasteiger partial charge in [0.15, 0.2) is 0 Å². The summed E-state index contributed by atoms with van der Waals surface area (Å²) in [5.74, 6) is 0.133. The van der Waals surface area contributed by atoms with E-state index in [1.165, 1.54) is 0 Å². The first kappa shape index (κ1) is 14.7. The van der Waals surface area contributed by atoms with Gasteiger partial charge in [-0.2, -0.15) is 0 Å². The molecule has 0 saturated carbocycles. The van der Waals surface area contributed by atoms with Crippen LogP contribution in [0.25, 0.3) is 10.9 Å². The van der Waals surface area contributed by atoms with Crippen molar-refractivity contribution >= 4 is 10.9 Å². The van der Waals surface area contributed by atoms with Gasteiger partial charge in [-0.3, -0.25) is 15.0 Å². The summed E-state index contributed by atoms with van der Waals surface area (Å²) >= 11 is 0. The molecule has 0 aliphatic rings. The van der Waals surface area contributed by atoms with Crippen LogP contribution in [0.3, 0.4) is 0 Å². The Kier molecular flexibility index (Phi) is 4.84. The predicted octanol–water partition coefficient (Wildman–Crippen LogP) is 2.23. The number of nitrogens with one attached hydrogen (secondary N) is 2. The second-order valence-corrected chi connectivity index (χ2v) is 5.21. The number of aromatic amines is 2. The zero-order valence-corrected chi connectivity index (χ0v) is 12.2. The molecule has 0 spiro atoms. The largest absolute Gasteiger partial charge is 0.506 e. The molecule has 0 bridgehead atoms. The molecular formula is C15H23N3O2. The molecule has 1 aromatic heterocycles. The van der Waals surface area contributed by atoms with E-state index in [0.29, 0.717) is 10.9 Å². The molecule has 2 aromatic rings. The van der Waals surface area contributed by atoms with Crippen molar-refractivity contribution in [2.24, 2.45) is 0 Å². The smallest absolute Gasteiger partial charge is 0.271 e. The van der Waals surface area contributed by atoms with Gasteiger partial charge in [-0.1, -0.05) is 13.8 Å². The van der Waals surface area contributed by atoms with Crippen LogP contribution in [0, 0.1) is 0 Å². The normalized spacial score (nSPS) is 11.6. The molecule has 0 saturated heterocycles. The van der Waals surface area contributed by atoms with Gasteiger partial charge in [-0.25, -0.2) is 0 Å². The predicted molar refractivity (Wildman–Crippen MR) is 81.3 cm³/mol. The number of benzene rings is 1. The van der Waals surface area contributed by atoms with Crippen LogP contribution in [-0.2, 0) is 6.42 Å². The van der Waals surface area contributed by atoms with E-state index in [2.05, 4.69) is 28.9 Å². The molecular weight excluding hydrogens is 254 g/mol. The third-order valence-electron chi connectivity index (χ3n) is 3.52. The summed E-state index contributed by atoms with van der Waals surface area (Å²) in [6.07, 6.45) is 3.12. The summed E-state index contributed by atoms with van der Waals surface area (Å²) in [5, 5.41) is 15.6. The van der Waals surface area contributed by atoms with E-state index in [-0.39, 0.29) is 11.3 Å². The first-order chi connectivity index (χ1) is 9.65. The summed E-state index contributed by atoms with van der Waals surface area (Å²) in [7, 11) is 0. The average Bonchev–Trinajstić information content (AvgIpc) is 2.79. The number of fused-ring (bicyclic) bond motifs is 1. The highest BCUT2D eigenvalue weighted by molar-refractivity contribution is 5.84. The molecule has 0 aliphatic heterocycles. The van der Waals surface area contributed by atoms with Gasteiger partial charge < -0.3 is 10.0 Å². The lowest BCUT2D eigenvalue weighted by Gasteiger charge is -2.20. The Morgan fingerprint density at radius 3 is 2.45 bits per heavy atom. The van der Waals surface area contributed by atoms with Crippen molar-refractivity contribution in [3.63, 3.8) is 0 Å². The minimum absolute atomic E-state index is 0.133. The minimum atomic E-state index is -0.184. The van der Waals surface area contributed by atoms with E-state index in [9.17, 15) is 9.90 Å². The molecule has 0 atom stereocenters. The van der Waals surface area contributed by atoms with Gasteiger partial charge in [0, 0.05) is 6.54 Å². The van der Waals surface area contributed by atoms with Crippen molar-refractivity contribution in [2.75, 3.05) is 19.6 Å². The highest BCUT2D eigenvalue weighted by Gasteiger charge is 2.09. The third-order valence-corrected chi connectivity index (χ3v) is 3.52. The lowest BCUT2D eigenvalue weighted by Crippen LogP contribution is -2.27. The number of rotatable bonds is 7. The van der Waals surface area contributed by atoms with Gasteiger partial charge in [0.1, 0.15) is 11.3 Å². The molecule has 3 N–H and O–H groups in total. The highest BCUT2D eigenvalue weighted by atomic mass is 16.3. The maximum Gasteiger partial charge on any atom is 0.271 e.